The molecule has 0 radical (unpaired) electrons. The van der Waals surface area contributed by atoms with Gasteiger partial charge in [-0.3, -0.25) is 0 Å². The SMILES string of the molecule is CCCCC/C=C/CC1=CC(C(C)C)OC1=O. The van der Waals surface area contributed by atoms with Crippen molar-refractivity contribution in [2.75, 3.05) is 0 Å². The zero-order chi connectivity index (χ0) is 12.7. The number of carbonyl (C=O) groups is 1. The Morgan fingerprint density at radius 1 is 1.35 bits per heavy atom. The summed E-state index contributed by atoms with van der Waals surface area (Å²) in [5.41, 5.74) is 0.815. The van der Waals surface area contributed by atoms with E-state index in [9.17, 15) is 4.79 Å². The Morgan fingerprint density at radius 3 is 2.71 bits per heavy atom. The zero-order valence-electron chi connectivity index (χ0n) is 11.2. The topological polar surface area (TPSA) is 26.3 Å². The van der Waals surface area contributed by atoms with Crippen LogP contribution < -0.4 is 0 Å². The van der Waals surface area contributed by atoms with Crippen molar-refractivity contribution in [1.82, 2.24) is 0 Å². The van der Waals surface area contributed by atoms with Crippen molar-refractivity contribution in [1.29, 1.82) is 0 Å². The third-order valence-corrected chi connectivity index (χ3v) is 3.01. The lowest BCUT2D eigenvalue weighted by molar-refractivity contribution is -0.141. The molecular weight excluding hydrogens is 212 g/mol. The quantitative estimate of drug-likeness (QED) is 0.379. The van der Waals surface area contributed by atoms with Crippen molar-refractivity contribution in [3.8, 4) is 0 Å². The Hall–Kier alpha value is -1.05. The molecule has 0 aromatic carbocycles. The van der Waals surface area contributed by atoms with Gasteiger partial charge >= 0.3 is 5.97 Å². The summed E-state index contributed by atoms with van der Waals surface area (Å²) in [7, 11) is 0. The summed E-state index contributed by atoms with van der Waals surface area (Å²) in [6.45, 7) is 6.34. The number of hydrogen-bond acceptors (Lipinski definition) is 2. The van der Waals surface area contributed by atoms with E-state index in [-0.39, 0.29) is 12.1 Å². The molecule has 17 heavy (non-hydrogen) atoms. The molecule has 0 aromatic rings. The maximum absolute atomic E-state index is 11.5. The molecule has 1 rings (SSSR count). The van der Waals surface area contributed by atoms with Crippen LogP contribution in [0.2, 0.25) is 0 Å². The molecule has 0 aliphatic carbocycles. The molecule has 2 heteroatoms. The standard InChI is InChI=1S/C15H24O2/c1-4-5-6-7-8-9-10-13-11-14(12(2)3)17-15(13)16/h8-9,11-12,14H,4-7,10H2,1-3H3/b9-8+. The maximum atomic E-state index is 11.5. The Bertz CT molecular complexity index is 300. The van der Waals surface area contributed by atoms with E-state index >= 15 is 0 Å². The molecule has 1 atom stereocenters. The first-order valence-corrected chi connectivity index (χ1v) is 6.71. The van der Waals surface area contributed by atoms with Gasteiger partial charge in [-0.1, -0.05) is 45.8 Å². The van der Waals surface area contributed by atoms with Gasteiger partial charge < -0.3 is 4.74 Å². The van der Waals surface area contributed by atoms with Gasteiger partial charge in [-0.2, -0.15) is 0 Å². The third-order valence-electron chi connectivity index (χ3n) is 3.01. The van der Waals surface area contributed by atoms with Crippen LogP contribution in [0.5, 0.6) is 0 Å². The van der Waals surface area contributed by atoms with Crippen molar-refractivity contribution in [3.05, 3.63) is 23.8 Å². The first-order valence-electron chi connectivity index (χ1n) is 6.71. The molecule has 1 unspecified atom stereocenters. The minimum atomic E-state index is -0.137. The lowest BCUT2D eigenvalue weighted by Gasteiger charge is -2.10. The van der Waals surface area contributed by atoms with Gasteiger partial charge in [0.25, 0.3) is 0 Å². The average Bonchev–Trinajstić information content (AvgIpc) is 2.65. The van der Waals surface area contributed by atoms with E-state index < -0.39 is 0 Å². The largest absolute Gasteiger partial charge is 0.454 e. The Kier molecular flexibility index (Phi) is 6.03. The third kappa shape index (κ3) is 4.76. The number of ether oxygens (including phenoxy) is 1. The lowest BCUT2D eigenvalue weighted by Crippen LogP contribution is -2.14. The number of esters is 1. The number of allylic oxidation sites excluding steroid dienone is 2. The number of unbranched alkanes of at least 4 members (excludes halogenated alkanes) is 3. The van der Waals surface area contributed by atoms with Gasteiger partial charge in [0.05, 0.1) is 0 Å². The second kappa shape index (κ2) is 7.31. The van der Waals surface area contributed by atoms with Crippen LogP contribution in [0, 0.1) is 5.92 Å². The Morgan fingerprint density at radius 2 is 2.12 bits per heavy atom. The minimum absolute atomic E-state index is 0.0222. The molecule has 0 bridgehead atoms. The van der Waals surface area contributed by atoms with E-state index in [2.05, 4.69) is 32.9 Å². The van der Waals surface area contributed by atoms with Gasteiger partial charge in [0.2, 0.25) is 0 Å². The molecular formula is C15H24O2. The van der Waals surface area contributed by atoms with Crippen molar-refractivity contribution in [2.45, 2.75) is 59.0 Å². The highest BCUT2D eigenvalue weighted by atomic mass is 16.5. The van der Waals surface area contributed by atoms with E-state index in [1.807, 2.05) is 6.08 Å². The van der Waals surface area contributed by atoms with Crippen LogP contribution in [0.4, 0.5) is 0 Å². The molecule has 0 spiro atoms. The fourth-order valence-corrected chi connectivity index (χ4v) is 1.82. The average molecular weight is 236 g/mol. The van der Waals surface area contributed by atoms with Gasteiger partial charge in [0, 0.05) is 5.57 Å². The Balaban J connectivity index is 2.31. The summed E-state index contributed by atoms with van der Waals surface area (Å²) in [4.78, 5) is 11.5. The van der Waals surface area contributed by atoms with Crippen molar-refractivity contribution in [3.63, 3.8) is 0 Å². The molecule has 0 N–H and O–H groups in total. The van der Waals surface area contributed by atoms with Crippen LogP contribution in [0.1, 0.15) is 52.9 Å². The number of carbonyl (C=O) groups excluding carboxylic acids is 1. The lowest BCUT2D eigenvalue weighted by atomic mass is 10.1. The van der Waals surface area contributed by atoms with E-state index in [4.69, 9.17) is 4.74 Å². The van der Waals surface area contributed by atoms with Crippen LogP contribution in [0.15, 0.2) is 23.8 Å². The molecule has 0 aromatic heterocycles. The maximum Gasteiger partial charge on any atom is 0.334 e. The highest BCUT2D eigenvalue weighted by Crippen LogP contribution is 2.22. The normalized spacial score (nSPS) is 20.1. The van der Waals surface area contributed by atoms with Crippen molar-refractivity contribution < 1.29 is 9.53 Å². The molecule has 96 valence electrons. The Labute approximate surface area is 105 Å². The van der Waals surface area contributed by atoms with Crippen LogP contribution in [-0.2, 0) is 9.53 Å². The van der Waals surface area contributed by atoms with E-state index in [0.717, 1.165) is 12.0 Å². The first-order chi connectivity index (χ1) is 8.15. The van der Waals surface area contributed by atoms with E-state index in [0.29, 0.717) is 12.3 Å². The summed E-state index contributed by atoms with van der Waals surface area (Å²) >= 11 is 0. The fourth-order valence-electron chi connectivity index (χ4n) is 1.82. The summed E-state index contributed by atoms with van der Waals surface area (Å²) < 4.78 is 5.27. The van der Waals surface area contributed by atoms with Crippen LogP contribution in [0.3, 0.4) is 0 Å². The van der Waals surface area contributed by atoms with Gasteiger partial charge in [-0.05, 0) is 31.3 Å². The number of cyclic esters (lactones) is 1. The smallest absolute Gasteiger partial charge is 0.334 e. The minimum Gasteiger partial charge on any atom is -0.454 e. The fraction of sp³-hybridized carbons (Fsp3) is 0.667. The van der Waals surface area contributed by atoms with Gasteiger partial charge in [0.1, 0.15) is 6.10 Å². The molecule has 2 nitrogen and oxygen atoms in total. The summed E-state index contributed by atoms with van der Waals surface area (Å²) in [5, 5.41) is 0. The molecule has 1 aliphatic rings. The summed E-state index contributed by atoms with van der Waals surface area (Å²) in [5.74, 6) is 0.229. The first kappa shape index (κ1) is 14.0. The number of rotatable bonds is 7. The molecule has 0 saturated carbocycles. The molecule has 1 aliphatic heterocycles. The highest BCUT2D eigenvalue weighted by molar-refractivity contribution is 5.91. The van der Waals surface area contributed by atoms with E-state index in [1.54, 1.807) is 0 Å². The monoisotopic (exact) mass is 236 g/mol. The molecule has 0 amide bonds. The molecule has 0 fully saturated rings. The van der Waals surface area contributed by atoms with E-state index in [1.165, 1.54) is 19.3 Å². The summed E-state index contributed by atoms with van der Waals surface area (Å²) in [6, 6.07) is 0. The second-order valence-electron chi connectivity index (χ2n) is 4.98. The van der Waals surface area contributed by atoms with Gasteiger partial charge in [0.15, 0.2) is 0 Å². The predicted molar refractivity (Wildman–Crippen MR) is 70.7 cm³/mol. The zero-order valence-corrected chi connectivity index (χ0v) is 11.2. The van der Waals surface area contributed by atoms with Crippen LogP contribution in [-0.4, -0.2) is 12.1 Å². The predicted octanol–water partition coefficient (Wildman–Crippen LogP) is 4.02. The van der Waals surface area contributed by atoms with Crippen molar-refractivity contribution >= 4 is 5.97 Å². The summed E-state index contributed by atoms with van der Waals surface area (Å²) in [6.07, 6.45) is 11.8. The molecule has 1 heterocycles. The van der Waals surface area contributed by atoms with Crippen LogP contribution in [0.25, 0.3) is 0 Å². The molecule has 0 saturated heterocycles. The number of hydrogen-bond donors (Lipinski definition) is 0. The van der Waals surface area contributed by atoms with Crippen LogP contribution >= 0.6 is 0 Å². The van der Waals surface area contributed by atoms with Crippen molar-refractivity contribution in [2.24, 2.45) is 5.92 Å². The highest BCUT2D eigenvalue weighted by Gasteiger charge is 2.26. The second-order valence-corrected chi connectivity index (χ2v) is 4.98. The van der Waals surface area contributed by atoms with Gasteiger partial charge in [-0.15, -0.1) is 0 Å². The van der Waals surface area contributed by atoms with Gasteiger partial charge in [-0.25, -0.2) is 4.79 Å².